The van der Waals surface area contributed by atoms with Gasteiger partial charge in [0.15, 0.2) is 5.75 Å². The largest absolute Gasteiger partial charge is 0.502 e. The minimum absolute atomic E-state index is 0.218. The molecule has 1 atom stereocenters. The molecule has 1 aromatic heterocycles. The van der Waals surface area contributed by atoms with Crippen molar-refractivity contribution >= 4 is 16.6 Å². The molecule has 1 unspecified atom stereocenters. The van der Waals surface area contributed by atoms with Gasteiger partial charge in [0.2, 0.25) is 0 Å². The number of nitrogens with zero attached hydrogens (tertiary/aromatic N) is 1. The SMILES string of the molecule is O=[N+]([O-])c1cc(C2NCCc3c2[nH]c2ccc(OCc4ccccc4)cc32)ccc1O. The van der Waals surface area contributed by atoms with Crippen LogP contribution in [-0.2, 0) is 13.0 Å². The van der Waals surface area contributed by atoms with Gasteiger partial charge in [-0.2, -0.15) is 0 Å². The number of nitro benzene ring substituents is 1. The number of H-pyrrole nitrogens is 1. The maximum Gasteiger partial charge on any atom is 0.311 e. The number of rotatable bonds is 5. The average molecular weight is 415 g/mol. The summed E-state index contributed by atoms with van der Waals surface area (Å²) in [5.41, 5.74) is 4.72. The van der Waals surface area contributed by atoms with E-state index in [9.17, 15) is 15.2 Å². The van der Waals surface area contributed by atoms with Crippen LogP contribution in [0.25, 0.3) is 10.9 Å². The molecule has 3 N–H and O–H groups in total. The smallest absolute Gasteiger partial charge is 0.311 e. The maximum absolute atomic E-state index is 11.2. The highest BCUT2D eigenvalue weighted by Crippen LogP contribution is 2.37. The predicted molar refractivity (Wildman–Crippen MR) is 117 cm³/mol. The molecule has 0 spiro atoms. The van der Waals surface area contributed by atoms with Gasteiger partial charge in [-0.3, -0.25) is 10.1 Å². The fourth-order valence-corrected chi connectivity index (χ4v) is 4.19. The molecule has 3 aromatic carbocycles. The van der Waals surface area contributed by atoms with Crippen LogP contribution in [-0.4, -0.2) is 21.6 Å². The summed E-state index contributed by atoms with van der Waals surface area (Å²) in [7, 11) is 0. The number of aromatic nitrogens is 1. The number of benzene rings is 3. The number of hydrogen-bond acceptors (Lipinski definition) is 5. The first-order valence-corrected chi connectivity index (χ1v) is 10.1. The van der Waals surface area contributed by atoms with E-state index < -0.39 is 4.92 Å². The third kappa shape index (κ3) is 3.60. The number of phenols is 1. The first-order valence-electron chi connectivity index (χ1n) is 10.1. The van der Waals surface area contributed by atoms with Crippen molar-refractivity contribution in [3.8, 4) is 11.5 Å². The number of nitro groups is 1. The Morgan fingerprint density at radius 3 is 2.74 bits per heavy atom. The van der Waals surface area contributed by atoms with Gasteiger partial charge in [0.1, 0.15) is 12.4 Å². The number of phenolic OH excluding ortho intramolecular Hbond substituents is 1. The Bertz CT molecular complexity index is 1270. The molecule has 31 heavy (non-hydrogen) atoms. The van der Waals surface area contributed by atoms with Crippen molar-refractivity contribution < 1.29 is 14.8 Å². The Balaban J connectivity index is 1.48. The van der Waals surface area contributed by atoms with E-state index in [0.29, 0.717) is 6.61 Å². The lowest BCUT2D eigenvalue weighted by molar-refractivity contribution is -0.385. The fourth-order valence-electron chi connectivity index (χ4n) is 4.19. The number of hydrogen-bond donors (Lipinski definition) is 3. The van der Waals surface area contributed by atoms with E-state index in [4.69, 9.17) is 4.74 Å². The van der Waals surface area contributed by atoms with Gasteiger partial charge in [-0.1, -0.05) is 36.4 Å². The molecule has 7 heteroatoms. The molecular formula is C24H21N3O4. The summed E-state index contributed by atoms with van der Waals surface area (Å²) >= 11 is 0. The molecule has 0 bridgehead atoms. The van der Waals surface area contributed by atoms with Crippen molar-refractivity contribution in [2.24, 2.45) is 0 Å². The average Bonchev–Trinajstić information content (AvgIpc) is 3.17. The molecule has 1 aliphatic rings. The number of fused-ring (bicyclic) bond motifs is 3. The summed E-state index contributed by atoms with van der Waals surface area (Å²) in [6, 6.07) is 20.3. The highest BCUT2D eigenvalue weighted by molar-refractivity contribution is 5.86. The van der Waals surface area contributed by atoms with Gasteiger partial charge in [-0.15, -0.1) is 0 Å². The maximum atomic E-state index is 11.2. The zero-order chi connectivity index (χ0) is 21.4. The van der Waals surface area contributed by atoms with Gasteiger partial charge < -0.3 is 20.1 Å². The first kappa shape index (κ1) is 19.1. The minimum atomic E-state index is -0.565. The molecule has 7 nitrogen and oxygen atoms in total. The summed E-state index contributed by atoms with van der Waals surface area (Å²) in [6.07, 6.45) is 0.841. The van der Waals surface area contributed by atoms with Crippen LogP contribution in [0.4, 0.5) is 5.69 Å². The van der Waals surface area contributed by atoms with Crippen LogP contribution in [0.1, 0.15) is 28.4 Å². The third-order valence-electron chi connectivity index (χ3n) is 5.70. The second kappa shape index (κ2) is 7.77. The monoisotopic (exact) mass is 415 g/mol. The Morgan fingerprint density at radius 2 is 1.94 bits per heavy atom. The topological polar surface area (TPSA) is 100 Å². The van der Waals surface area contributed by atoms with E-state index in [0.717, 1.165) is 46.4 Å². The summed E-state index contributed by atoms with van der Waals surface area (Å²) in [5.74, 6) is 0.468. The van der Waals surface area contributed by atoms with E-state index in [1.807, 2.05) is 42.5 Å². The predicted octanol–water partition coefficient (Wildman–Crippen LogP) is 4.60. The van der Waals surface area contributed by atoms with Crippen LogP contribution >= 0.6 is 0 Å². The van der Waals surface area contributed by atoms with Crippen LogP contribution in [0.2, 0.25) is 0 Å². The van der Waals surface area contributed by atoms with Gasteiger partial charge >= 0.3 is 5.69 Å². The highest BCUT2D eigenvalue weighted by Gasteiger charge is 2.27. The summed E-state index contributed by atoms with van der Waals surface area (Å²) in [6.45, 7) is 1.24. The molecule has 0 radical (unpaired) electrons. The molecule has 156 valence electrons. The van der Waals surface area contributed by atoms with E-state index in [2.05, 4.69) is 16.4 Å². The summed E-state index contributed by atoms with van der Waals surface area (Å²) in [5, 5.41) is 25.6. The van der Waals surface area contributed by atoms with E-state index >= 15 is 0 Å². The molecule has 0 aliphatic carbocycles. The summed E-state index contributed by atoms with van der Waals surface area (Å²) < 4.78 is 6.00. The second-order valence-corrected chi connectivity index (χ2v) is 7.64. The Kier molecular flexibility index (Phi) is 4.80. The van der Waals surface area contributed by atoms with Crippen molar-refractivity contribution in [3.63, 3.8) is 0 Å². The van der Waals surface area contributed by atoms with Gasteiger partial charge in [-0.05, 0) is 47.4 Å². The fraction of sp³-hybridized carbons (Fsp3) is 0.167. The minimum Gasteiger partial charge on any atom is -0.502 e. The molecule has 0 amide bonds. The Morgan fingerprint density at radius 1 is 1.10 bits per heavy atom. The number of ether oxygens (including phenoxy) is 1. The lowest BCUT2D eigenvalue weighted by Crippen LogP contribution is -2.30. The van der Waals surface area contributed by atoms with Crippen LogP contribution in [0.5, 0.6) is 11.5 Å². The molecule has 1 aliphatic heterocycles. The summed E-state index contributed by atoms with van der Waals surface area (Å²) in [4.78, 5) is 14.2. The van der Waals surface area contributed by atoms with Crippen molar-refractivity contribution in [2.45, 2.75) is 19.1 Å². The lowest BCUT2D eigenvalue weighted by atomic mass is 9.94. The first-order chi connectivity index (χ1) is 15.1. The molecule has 0 saturated heterocycles. The van der Waals surface area contributed by atoms with Crippen molar-refractivity contribution in [1.82, 2.24) is 10.3 Å². The quantitative estimate of drug-likeness (QED) is 0.327. The second-order valence-electron chi connectivity index (χ2n) is 7.64. The molecule has 0 fully saturated rings. The molecule has 2 heterocycles. The third-order valence-corrected chi connectivity index (χ3v) is 5.70. The van der Waals surface area contributed by atoms with E-state index in [-0.39, 0.29) is 17.5 Å². The molecular weight excluding hydrogens is 394 g/mol. The molecule has 0 saturated carbocycles. The van der Waals surface area contributed by atoms with Crippen molar-refractivity contribution in [3.05, 3.63) is 99.2 Å². The van der Waals surface area contributed by atoms with E-state index in [1.54, 1.807) is 6.07 Å². The van der Waals surface area contributed by atoms with Crippen molar-refractivity contribution in [2.75, 3.05) is 6.54 Å². The van der Waals surface area contributed by atoms with Crippen LogP contribution in [0.3, 0.4) is 0 Å². The van der Waals surface area contributed by atoms with Gasteiger partial charge in [0.05, 0.1) is 11.0 Å². The molecule has 5 rings (SSSR count). The van der Waals surface area contributed by atoms with Crippen LogP contribution in [0, 0.1) is 10.1 Å². The van der Waals surface area contributed by atoms with Crippen molar-refractivity contribution in [1.29, 1.82) is 0 Å². The highest BCUT2D eigenvalue weighted by atomic mass is 16.6. The van der Waals surface area contributed by atoms with Crippen LogP contribution in [0.15, 0.2) is 66.7 Å². The van der Waals surface area contributed by atoms with Gasteiger partial charge in [0.25, 0.3) is 0 Å². The number of nitrogens with one attached hydrogen (secondary N) is 2. The normalized spacial score (nSPS) is 15.5. The number of aromatic hydroxyl groups is 1. The van der Waals surface area contributed by atoms with Gasteiger partial charge in [-0.25, -0.2) is 0 Å². The van der Waals surface area contributed by atoms with E-state index in [1.165, 1.54) is 17.7 Å². The zero-order valence-corrected chi connectivity index (χ0v) is 16.7. The Hall–Kier alpha value is -3.84. The Labute approximate surface area is 178 Å². The molecule has 4 aromatic rings. The standard InChI is InChI=1S/C24H21N3O4/c28-22-9-6-16(12-21(22)27(29)30)23-24-18(10-11-25-23)19-13-17(7-8-20(19)26-24)31-14-15-4-2-1-3-5-15/h1-9,12-13,23,25-26,28H,10-11,14H2. The zero-order valence-electron chi connectivity index (χ0n) is 16.7. The van der Waals surface area contributed by atoms with Gasteiger partial charge in [0, 0.05) is 29.2 Å². The lowest BCUT2D eigenvalue weighted by Gasteiger charge is -2.24. The van der Waals surface area contributed by atoms with Crippen LogP contribution < -0.4 is 10.1 Å². The number of aromatic amines is 1.